The second kappa shape index (κ2) is 5.67. The first-order chi connectivity index (χ1) is 8.65. The van der Waals surface area contributed by atoms with E-state index in [4.69, 9.17) is 25.5 Å². The van der Waals surface area contributed by atoms with E-state index in [1.54, 1.807) is 14.2 Å². The lowest BCUT2D eigenvalue weighted by Gasteiger charge is -2.12. The van der Waals surface area contributed by atoms with Crippen molar-refractivity contribution in [3.05, 3.63) is 46.3 Å². The van der Waals surface area contributed by atoms with E-state index >= 15 is 0 Å². The molecule has 0 saturated carbocycles. The maximum absolute atomic E-state index is 6.36. The highest BCUT2D eigenvalue weighted by Gasteiger charge is 2.17. The maximum atomic E-state index is 6.36. The van der Waals surface area contributed by atoms with Gasteiger partial charge in [0.25, 0.3) is 0 Å². The zero-order valence-electron chi connectivity index (χ0n) is 9.94. The molecule has 96 valence electrons. The summed E-state index contributed by atoms with van der Waals surface area (Å²) in [6.07, 6.45) is 0. The van der Waals surface area contributed by atoms with Crippen LogP contribution in [-0.4, -0.2) is 14.2 Å². The van der Waals surface area contributed by atoms with Gasteiger partial charge in [0.05, 0.1) is 14.2 Å². The van der Waals surface area contributed by atoms with Gasteiger partial charge in [-0.3, -0.25) is 0 Å². The average molecular weight is 332 g/mol. The van der Waals surface area contributed by atoms with Crippen LogP contribution < -0.4 is 9.47 Å². The Morgan fingerprint density at radius 3 is 2.39 bits per heavy atom. The van der Waals surface area contributed by atoms with Gasteiger partial charge in [-0.25, -0.2) is 0 Å². The molecule has 0 spiro atoms. The number of ether oxygens (including phenoxy) is 2. The molecule has 0 bridgehead atoms. The molecule has 0 amide bonds. The lowest BCUT2D eigenvalue weighted by molar-refractivity contribution is 0.354. The fourth-order valence-corrected chi connectivity index (χ4v) is 2.21. The monoisotopic (exact) mass is 330 g/mol. The summed E-state index contributed by atoms with van der Waals surface area (Å²) in [5, 5.41) is -0.365. The standard InChI is InChI=1S/C13H12BrClO3/c1-16-9-4-3-8(7-11(9)17-2)13(15)10-5-6-12(14)18-10/h3-7,13H,1-2H3. The molecule has 1 aromatic heterocycles. The van der Waals surface area contributed by atoms with Gasteiger partial charge in [-0.1, -0.05) is 6.07 Å². The van der Waals surface area contributed by atoms with E-state index in [0.29, 0.717) is 21.9 Å². The predicted molar refractivity (Wildman–Crippen MR) is 73.7 cm³/mol. The van der Waals surface area contributed by atoms with Crippen LogP contribution in [0.3, 0.4) is 0 Å². The van der Waals surface area contributed by atoms with Crippen molar-refractivity contribution in [2.24, 2.45) is 0 Å². The molecule has 2 rings (SSSR count). The van der Waals surface area contributed by atoms with Gasteiger partial charge in [0.2, 0.25) is 0 Å². The van der Waals surface area contributed by atoms with E-state index in [9.17, 15) is 0 Å². The van der Waals surface area contributed by atoms with E-state index < -0.39 is 0 Å². The largest absolute Gasteiger partial charge is 0.493 e. The molecule has 0 aliphatic carbocycles. The molecular weight excluding hydrogens is 319 g/mol. The van der Waals surface area contributed by atoms with Crippen LogP contribution in [-0.2, 0) is 0 Å². The molecule has 0 N–H and O–H groups in total. The summed E-state index contributed by atoms with van der Waals surface area (Å²) in [7, 11) is 3.19. The lowest BCUT2D eigenvalue weighted by atomic mass is 10.1. The number of halogens is 2. The molecule has 1 aromatic carbocycles. The lowest BCUT2D eigenvalue weighted by Crippen LogP contribution is -1.95. The molecule has 18 heavy (non-hydrogen) atoms. The Bertz CT molecular complexity index is 539. The normalized spacial score (nSPS) is 12.2. The molecule has 1 unspecified atom stereocenters. The smallest absolute Gasteiger partial charge is 0.169 e. The third-order valence-electron chi connectivity index (χ3n) is 2.54. The van der Waals surface area contributed by atoms with Crippen LogP contribution in [0.5, 0.6) is 11.5 Å². The highest BCUT2D eigenvalue weighted by Crippen LogP contribution is 2.36. The van der Waals surface area contributed by atoms with Gasteiger partial charge < -0.3 is 13.9 Å². The van der Waals surface area contributed by atoms with E-state index in [0.717, 1.165) is 5.56 Å². The molecular formula is C13H12BrClO3. The van der Waals surface area contributed by atoms with Crippen LogP contribution in [0.2, 0.25) is 0 Å². The number of rotatable bonds is 4. The molecule has 3 nitrogen and oxygen atoms in total. The van der Waals surface area contributed by atoms with Crippen molar-refractivity contribution >= 4 is 27.5 Å². The Labute approximate surface area is 119 Å². The maximum Gasteiger partial charge on any atom is 0.169 e. The molecule has 0 aliphatic heterocycles. The fraction of sp³-hybridized carbons (Fsp3) is 0.231. The molecule has 1 heterocycles. The number of methoxy groups -OCH3 is 2. The summed E-state index contributed by atoms with van der Waals surface area (Å²) in [5.74, 6) is 1.99. The van der Waals surface area contributed by atoms with Gasteiger partial charge in [0.15, 0.2) is 16.2 Å². The number of hydrogen-bond donors (Lipinski definition) is 0. The van der Waals surface area contributed by atoms with Gasteiger partial charge >= 0.3 is 0 Å². The highest BCUT2D eigenvalue weighted by molar-refractivity contribution is 9.10. The van der Waals surface area contributed by atoms with Crippen molar-refractivity contribution < 1.29 is 13.9 Å². The summed E-state index contributed by atoms with van der Waals surface area (Å²) in [6.45, 7) is 0. The zero-order valence-corrected chi connectivity index (χ0v) is 12.3. The quantitative estimate of drug-likeness (QED) is 0.779. The van der Waals surface area contributed by atoms with Crippen molar-refractivity contribution in [1.29, 1.82) is 0 Å². The Hall–Kier alpha value is -1.13. The minimum atomic E-state index is -0.365. The highest BCUT2D eigenvalue weighted by atomic mass is 79.9. The number of alkyl halides is 1. The molecule has 0 fully saturated rings. The molecule has 5 heteroatoms. The zero-order chi connectivity index (χ0) is 13.1. The Morgan fingerprint density at radius 1 is 1.11 bits per heavy atom. The number of furan rings is 1. The molecule has 1 atom stereocenters. The van der Waals surface area contributed by atoms with Gasteiger partial charge in [-0.05, 0) is 45.8 Å². The van der Waals surface area contributed by atoms with Crippen molar-refractivity contribution in [2.45, 2.75) is 5.38 Å². The fourth-order valence-electron chi connectivity index (χ4n) is 1.64. The minimum absolute atomic E-state index is 0.365. The van der Waals surface area contributed by atoms with E-state index in [1.165, 1.54) is 0 Å². The summed E-state index contributed by atoms with van der Waals surface area (Å²) < 4.78 is 16.5. The van der Waals surface area contributed by atoms with Gasteiger partial charge in [0, 0.05) is 0 Å². The second-order valence-corrected chi connectivity index (χ2v) is 4.84. The van der Waals surface area contributed by atoms with Crippen LogP contribution >= 0.6 is 27.5 Å². The van der Waals surface area contributed by atoms with E-state index in [1.807, 2.05) is 30.3 Å². The average Bonchev–Trinajstić information content (AvgIpc) is 2.83. The number of hydrogen-bond acceptors (Lipinski definition) is 3. The van der Waals surface area contributed by atoms with Crippen molar-refractivity contribution in [3.8, 4) is 11.5 Å². The SMILES string of the molecule is COc1ccc(C(Cl)c2ccc(Br)o2)cc1OC. The van der Waals surface area contributed by atoms with Crippen LogP contribution in [0.25, 0.3) is 0 Å². The Morgan fingerprint density at radius 2 is 1.83 bits per heavy atom. The summed E-state index contributed by atoms with van der Waals surface area (Å²) >= 11 is 9.61. The van der Waals surface area contributed by atoms with Crippen LogP contribution in [0.4, 0.5) is 0 Å². The van der Waals surface area contributed by atoms with Gasteiger partial charge in [-0.2, -0.15) is 0 Å². The van der Waals surface area contributed by atoms with Crippen molar-refractivity contribution in [1.82, 2.24) is 0 Å². The van der Waals surface area contributed by atoms with Crippen LogP contribution in [0, 0.1) is 0 Å². The predicted octanol–water partition coefficient (Wildman–Crippen LogP) is 4.39. The Kier molecular flexibility index (Phi) is 4.19. The van der Waals surface area contributed by atoms with Crippen LogP contribution in [0.15, 0.2) is 39.4 Å². The second-order valence-electron chi connectivity index (χ2n) is 3.62. The molecule has 0 radical (unpaired) electrons. The first kappa shape index (κ1) is 13.3. The topological polar surface area (TPSA) is 31.6 Å². The van der Waals surface area contributed by atoms with Crippen molar-refractivity contribution in [3.63, 3.8) is 0 Å². The third-order valence-corrected chi connectivity index (χ3v) is 3.44. The Balaban J connectivity index is 2.33. The third kappa shape index (κ3) is 2.65. The van der Waals surface area contributed by atoms with E-state index in [2.05, 4.69) is 15.9 Å². The molecule has 0 aliphatic rings. The first-order valence-corrected chi connectivity index (χ1v) is 6.50. The summed E-state index contributed by atoms with van der Waals surface area (Å²) in [5.41, 5.74) is 0.885. The van der Waals surface area contributed by atoms with E-state index in [-0.39, 0.29) is 5.38 Å². The van der Waals surface area contributed by atoms with Gasteiger partial charge in [0.1, 0.15) is 11.1 Å². The summed E-state index contributed by atoms with van der Waals surface area (Å²) in [6, 6.07) is 9.19. The minimum Gasteiger partial charge on any atom is -0.493 e. The van der Waals surface area contributed by atoms with Gasteiger partial charge in [-0.15, -0.1) is 11.6 Å². The summed E-state index contributed by atoms with van der Waals surface area (Å²) in [4.78, 5) is 0. The first-order valence-electron chi connectivity index (χ1n) is 5.27. The molecule has 0 saturated heterocycles. The molecule has 2 aromatic rings. The van der Waals surface area contributed by atoms with Crippen molar-refractivity contribution in [2.75, 3.05) is 14.2 Å². The number of benzene rings is 1. The van der Waals surface area contributed by atoms with Crippen LogP contribution in [0.1, 0.15) is 16.7 Å².